The first kappa shape index (κ1) is 20.4. The molecule has 0 aliphatic carbocycles. The van der Waals surface area contributed by atoms with Gasteiger partial charge in [0.1, 0.15) is 16.9 Å². The molecule has 3 aromatic rings. The number of nitrogens with zero attached hydrogens (tertiary/aromatic N) is 1. The van der Waals surface area contributed by atoms with Gasteiger partial charge in [0.2, 0.25) is 5.72 Å². The number of hydrogen-bond donors (Lipinski definition) is 0. The van der Waals surface area contributed by atoms with Crippen LogP contribution in [0.5, 0.6) is 5.75 Å². The van der Waals surface area contributed by atoms with Crippen molar-refractivity contribution < 1.29 is 18.7 Å². The fourth-order valence-corrected chi connectivity index (χ4v) is 5.20. The molecule has 2 atom stereocenters. The summed E-state index contributed by atoms with van der Waals surface area (Å²) in [7, 11) is 0. The van der Waals surface area contributed by atoms with Gasteiger partial charge in [0, 0.05) is 35.5 Å². The van der Waals surface area contributed by atoms with Gasteiger partial charge in [0.05, 0.1) is 12.2 Å². The zero-order chi connectivity index (χ0) is 22.5. The molecule has 0 amide bonds. The summed E-state index contributed by atoms with van der Waals surface area (Å²) in [4.78, 5) is 28.3. The molecule has 6 nitrogen and oxygen atoms in total. The second kappa shape index (κ2) is 7.55. The summed E-state index contributed by atoms with van der Waals surface area (Å²) >= 11 is 0. The molecule has 0 radical (unpaired) electrons. The SMILES string of the molecule is CCOC(=O)C1=C(C)N(CC)C2(c3cc4ccccc4oc3=O)CC1c1ccccc1O2. The molecule has 32 heavy (non-hydrogen) atoms. The van der Waals surface area contributed by atoms with E-state index >= 15 is 0 Å². The molecule has 2 aliphatic heterocycles. The molecule has 164 valence electrons. The van der Waals surface area contributed by atoms with E-state index in [0.29, 0.717) is 42.0 Å². The summed E-state index contributed by atoms with van der Waals surface area (Å²) in [6, 6.07) is 17.0. The van der Waals surface area contributed by atoms with Gasteiger partial charge in [0.15, 0.2) is 0 Å². The maximum atomic E-state index is 13.2. The third-order valence-corrected chi connectivity index (χ3v) is 6.51. The van der Waals surface area contributed by atoms with Gasteiger partial charge < -0.3 is 18.8 Å². The maximum Gasteiger partial charge on any atom is 0.345 e. The van der Waals surface area contributed by atoms with Gasteiger partial charge in [-0.25, -0.2) is 9.59 Å². The summed E-state index contributed by atoms with van der Waals surface area (Å²) in [6.45, 7) is 6.52. The molecule has 0 saturated carbocycles. The van der Waals surface area contributed by atoms with Crippen LogP contribution >= 0.6 is 0 Å². The Bertz CT molecular complexity index is 1310. The highest BCUT2D eigenvalue weighted by Crippen LogP contribution is 2.54. The minimum absolute atomic E-state index is 0.257. The van der Waals surface area contributed by atoms with E-state index in [2.05, 4.69) is 0 Å². The molecule has 0 fully saturated rings. The molecule has 2 bridgehead atoms. The van der Waals surface area contributed by atoms with Crippen LogP contribution in [0.25, 0.3) is 11.0 Å². The molecule has 0 spiro atoms. The zero-order valence-electron chi connectivity index (χ0n) is 18.4. The van der Waals surface area contributed by atoms with Crippen LogP contribution in [0.4, 0.5) is 0 Å². The fraction of sp³-hybridized carbons (Fsp3) is 0.308. The molecular formula is C26H25NO5. The molecule has 3 heterocycles. The van der Waals surface area contributed by atoms with Crippen molar-refractivity contribution in [2.75, 3.05) is 13.2 Å². The van der Waals surface area contributed by atoms with E-state index in [1.807, 2.05) is 67.3 Å². The lowest BCUT2D eigenvalue weighted by Gasteiger charge is -2.53. The highest BCUT2D eigenvalue weighted by Gasteiger charge is 2.54. The van der Waals surface area contributed by atoms with Gasteiger partial charge in [-0.15, -0.1) is 0 Å². The topological polar surface area (TPSA) is 69.0 Å². The van der Waals surface area contributed by atoms with E-state index in [-0.39, 0.29) is 11.9 Å². The van der Waals surface area contributed by atoms with Crippen molar-refractivity contribution in [1.29, 1.82) is 0 Å². The number of ether oxygens (including phenoxy) is 2. The predicted molar refractivity (Wildman–Crippen MR) is 120 cm³/mol. The van der Waals surface area contributed by atoms with Crippen molar-refractivity contribution in [1.82, 2.24) is 4.90 Å². The highest BCUT2D eigenvalue weighted by atomic mass is 16.5. The Morgan fingerprint density at radius 3 is 2.69 bits per heavy atom. The highest BCUT2D eigenvalue weighted by molar-refractivity contribution is 5.92. The van der Waals surface area contributed by atoms with Crippen LogP contribution in [0.1, 0.15) is 44.2 Å². The lowest BCUT2D eigenvalue weighted by atomic mass is 9.74. The Balaban J connectivity index is 1.80. The third-order valence-electron chi connectivity index (χ3n) is 6.51. The average molecular weight is 431 g/mol. The lowest BCUT2D eigenvalue weighted by molar-refractivity contribution is -0.142. The Morgan fingerprint density at radius 1 is 1.16 bits per heavy atom. The molecule has 2 unspecified atom stereocenters. The molecular weight excluding hydrogens is 406 g/mol. The number of esters is 1. The summed E-state index contributed by atoms with van der Waals surface area (Å²) in [5.74, 6) is 0.0704. The normalized spacial score (nSPS) is 21.8. The van der Waals surface area contributed by atoms with E-state index in [0.717, 1.165) is 16.6 Å². The summed E-state index contributed by atoms with van der Waals surface area (Å²) < 4.78 is 17.8. The smallest absolute Gasteiger partial charge is 0.345 e. The summed E-state index contributed by atoms with van der Waals surface area (Å²) in [6.07, 6.45) is 0.409. The summed E-state index contributed by atoms with van der Waals surface area (Å²) in [5, 5.41) is 0.823. The van der Waals surface area contributed by atoms with Gasteiger partial charge in [-0.1, -0.05) is 36.4 Å². The zero-order valence-corrected chi connectivity index (χ0v) is 18.4. The quantitative estimate of drug-likeness (QED) is 0.441. The van der Waals surface area contributed by atoms with Gasteiger partial charge in [0.25, 0.3) is 0 Å². The number of hydrogen-bond acceptors (Lipinski definition) is 6. The first-order valence-electron chi connectivity index (χ1n) is 11.0. The Morgan fingerprint density at radius 2 is 1.91 bits per heavy atom. The number of para-hydroxylation sites is 2. The van der Waals surface area contributed by atoms with Gasteiger partial charge in [-0.2, -0.15) is 0 Å². The van der Waals surface area contributed by atoms with E-state index in [1.165, 1.54) is 0 Å². The molecule has 2 aromatic carbocycles. The van der Waals surface area contributed by atoms with Crippen molar-refractivity contribution in [2.45, 2.75) is 38.8 Å². The van der Waals surface area contributed by atoms with Crippen molar-refractivity contribution in [3.05, 3.63) is 87.4 Å². The fourth-order valence-electron chi connectivity index (χ4n) is 5.20. The first-order chi connectivity index (χ1) is 15.5. The van der Waals surface area contributed by atoms with Crippen LogP contribution in [0.15, 0.2) is 75.1 Å². The second-order valence-electron chi connectivity index (χ2n) is 8.13. The van der Waals surface area contributed by atoms with E-state index < -0.39 is 11.4 Å². The number of benzene rings is 2. The predicted octanol–water partition coefficient (Wildman–Crippen LogP) is 4.68. The number of fused-ring (bicyclic) bond motifs is 5. The van der Waals surface area contributed by atoms with E-state index in [1.54, 1.807) is 13.0 Å². The standard InChI is InChI=1S/C26H25NO5/c1-4-27-16(3)23(25(29)30-5-2)19-15-26(27,32-22-13-9-7-11-18(19)22)20-14-17-10-6-8-12-21(17)31-24(20)28/h6-14,19H,4-5,15H2,1-3H3. The maximum absolute atomic E-state index is 13.2. The summed E-state index contributed by atoms with van der Waals surface area (Å²) in [5.41, 5.74) is 1.73. The molecule has 0 saturated heterocycles. The molecule has 5 rings (SSSR count). The Kier molecular flexibility index (Phi) is 4.81. The van der Waals surface area contributed by atoms with Crippen molar-refractivity contribution >= 4 is 16.9 Å². The monoisotopic (exact) mass is 431 g/mol. The average Bonchev–Trinajstić information content (AvgIpc) is 2.79. The Hall–Kier alpha value is -3.54. The van der Waals surface area contributed by atoms with E-state index in [4.69, 9.17) is 13.9 Å². The first-order valence-corrected chi connectivity index (χ1v) is 11.0. The molecule has 2 aliphatic rings. The van der Waals surface area contributed by atoms with Crippen molar-refractivity contribution in [2.24, 2.45) is 0 Å². The van der Waals surface area contributed by atoms with Crippen LogP contribution in [0.3, 0.4) is 0 Å². The number of carbonyl (C=O) groups excluding carboxylic acids is 1. The van der Waals surface area contributed by atoms with Crippen LogP contribution in [0.2, 0.25) is 0 Å². The minimum atomic E-state index is -1.08. The van der Waals surface area contributed by atoms with Crippen LogP contribution in [-0.2, 0) is 15.3 Å². The second-order valence-corrected chi connectivity index (χ2v) is 8.13. The van der Waals surface area contributed by atoms with Gasteiger partial charge in [-0.3, -0.25) is 0 Å². The van der Waals surface area contributed by atoms with E-state index in [9.17, 15) is 9.59 Å². The lowest BCUT2D eigenvalue weighted by Crippen LogP contribution is -2.57. The number of allylic oxidation sites excluding steroid dienone is 1. The largest absolute Gasteiger partial charge is 0.463 e. The molecule has 1 aromatic heterocycles. The number of rotatable bonds is 4. The third kappa shape index (κ3) is 2.86. The van der Waals surface area contributed by atoms with Gasteiger partial charge >= 0.3 is 11.6 Å². The Labute approximate surface area is 186 Å². The van der Waals surface area contributed by atoms with Crippen LogP contribution < -0.4 is 10.4 Å². The van der Waals surface area contributed by atoms with Gasteiger partial charge in [-0.05, 0) is 39.0 Å². The van der Waals surface area contributed by atoms with Crippen molar-refractivity contribution in [3.63, 3.8) is 0 Å². The van der Waals surface area contributed by atoms with Crippen molar-refractivity contribution in [3.8, 4) is 5.75 Å². The minimum Gasteiger partial charge on any atom is -0.463 e. The van der Waals surface area contributed by atoms with Crippen LogP contribution in [-0.4, -0.2) is 24.0 Å². The molecule has 6 heteroatoms. The van der Waals surface area contributed by atoms with Crippen LogP contribution in [0, 0.1) is 0 Å². The molecule has 0 N–H and O–H groups in total. The number of carbonyl (C=O) groups is 1.